The van der Waals surface area contributed by atoms with Gasteiger partial charge in [0.1, 0.15) is 10.8 Å². The highest BCUT2D eigenvalue weighted by Crippen LogP contribution is 2.36. The largest absolute Gasteiger partial charge is 0.382 e. The highest BCUT2D eigenvalue weighted by molar-refractivity contribution is 7.11. The molecular weight excluding hydrogens is 304 g/mol. The van der Waals surface area contributed by atoms with Crippen molar-refractivity contribution in [1.29, 1.82) is 0 Å². The Labute approximate surface area is 133 Å². The molecule has 116 valence electrons. The first-order valence-electron chi connectivity index (χ1n) is 7.07. The average Bonchev–Trinajstić information content (AvgIpc) is 2.99. The molecular formula is C14H22N4OS2. The van der Waals surface area contributed by atoms with E-state index >= 15 is 0 Å². The minimum Gasteiger partial charge on any atom is -0.382 e. The summed E-state index contributed by atoms with van der Waals surface area (Å²) in [5.41, 5.74) is 7.76. The summed E-state index contributed by atoms with van der Waals surface area (Å²) in [5.74, 6) is 1.22. The van der Waals surface area contributed by atoms with Crippen molar-refractivity contribution in [3.8, 4) is 11.3 Å². The molecule has 0 aliphatic heterocycles. The van der Waals surface area contributed by atoms with Gasteiger partial charge in [0.2, 0.25) is 0 Å². The monoisotopic (exact) mass is 326 g/mol. The molecule has 2 rings (SSSR count). The van der Waals surface area contributed by atoms with Gasteiger partial charge in [-0.25, -0.2) is 4.98 Å². The van der Waals surface area contributed by atoms with Crippen LogP contribution in [0.15, 0.2) is 5.38 Å². The minimum atomic E-state index is 0.536. The van der Waals surface area contributed by atoms with Gasteiger partial charge in [-0.05, 0) is 30.8 Å². The second kappa shape index (κ2) is 7.72. The lowest BCUT2D eigenvalue weighted by molar-refractivity contribution is 0.133. The molecule has 2 heterocycles. The Kier molecular flexibility index (Phi) is 5.96. The fourth-order valence-corrected chi connectivity index (χ4v) is 3.16. The fraction of sp³-hybridized carbons (Fsp3) is 0.571. The van der Waals surface area contributed by atoms with Crippen molar-refractivity contribution < 1.29 is 4.74 Å². The lowest BCUT2D eigenvalue weighted by Crippen LogP contribution is -2.10. The number of aromatic nitrogens is 2. The number of nitrogens with zero attached hydrogens (tertiary/aromatic N) is 2. The van der Waals surface area contributed by atoms with E-state index in [4.69, 9.17) is 10.5 Å². The molecule has 3 N–H and O–H groups in total. The number of anilines is 2. The molecule has 0 atom stereocenters. The molecule has 0 saturated heterocycles. The molecule has 0 spiro atoms. The van der Waals surface area contributed by atoms with E-state index in [1.54, 1.807) is 11.3 Å². The van der Waals surface area contributed by atoms with Gasteiger partial charge in [-0.2, -0.15) is 4.37 Å². The molecule has 0 aliphatic rings. The van der Waals surface area contributed by atoms with E-state index in [0.29, 0.717) is 18.3 Å². The van der Waals surface area contributed by atoms with Gasteiger partial charge in [0.15, 0.2) is 0 Å². The van der Waals surface area contributed by atoms with Crippen molar-refractivity contribution in [3.05, 3.63) is 10.4 Å². The molecule has 7 heteroatoms. The Balaban J connectivity index is 1.87. The van der Waals surface area contributed by atoms with Crippen molar-refractivity contribution >= 4 is 33.7 Å². The van der Waals surface area contributed by atoms with Gasteiger partial charge < -0.3 is 15.8 Å². The summed E-state index contributed by atoms with van der Waals surface area (Å²) in [5, 5.41) is 7.35. The van der Waals surface area contributed by atoms with Crippen molar-refractivity contribution in [1.82, 2.24) is 9.36 Å². The number of rotatable bonds is 8. The van der Waals surface area contributed by atoms with Gasteiger partial charge in [-0.3, -0.25) is 0 Å². The second-order valence-electron chi connectivity index (χ2n) is 5.25. The Bertz CT molecular complexity index is 565. The molecule has 0 aliphatic carbocycles. The van der Waals surface area contributed by atoms with Crippen molar-refractivity contribution in [3.63, 3.8) is 0 Å². The lowest BCUT2D eigenvalue weighted by atomic mass is 10.1. The van der Waals surface area contributed by atoms with Crippen LogP contribution in [0.3, 0.4) is 0 Å². The van der Waals surface area contributed by atoms with Gasteiger partial charge in [-0.15, -0.1) is 11.3 Å². The first-order valence-corrected chi connectivity index (χ1v) is 8.72. The maximum Gasteiger partial charge on any atom is 0.148 e. The van der Waals surface area contributed by atoms with Crippen LogP contribution in [-0.2, 0) is 4.74 Å². The number of ether oxygens (including phenoxy) is 1. The van der Waals surface area contributed by atoms with Crippen molar-refractivity contribution in [2.24, 2.45) is 5.92 Å². The standard InChI is InChI=1S/C14H22N4OS2/c1-9(2)4-6-19-7-5-16-14-12(13(15)18-21-14)11-8-20-10(3)17-11/h8-9,16H,4-7H2,1-3H3,(H2,15,18). The zero-order chi connectivity index (χ0) is 15.2. The fourth-order valence-electron chi connectivity index (χ4n) is 1.81. The van der Waals surface area contributed by atoms with E-state index < -0.39 is 0 Å². The van der Waals surface area contributed by atoms with Crippen LogP contribution in [0, 0.1) is 12.8 Å². The van der Waals surface area contributed by atoms with E-state index in [-0.39, 0.29) is 0 Å². The smallest absolute Gasteiger partial charge is 0.148 e. The molecule has 0 fully saturated rings. The molecule has 2 aromatic rings. The van der Waals surface area contributed by atoms with Gasteiger partial charge in [-0.1, -0.05) is 13.8 Å². The molecule has 21 heavy (non-hydrogen) atoms. The molecule has 0 saturated carbocycles. The third-order valence-electron chi connectivity index (χ3n) is 2.97. The molecule has 2 aromatic heterocycles. The lowest BCUT2D eigenvalue weighted by Gasteiger charge is -2.08. The maximum absolute atomic E-state index is 5.96. The minimum absolute atomic E-state index is 0.536. The predicted octanol–water partition coefficient (Wildman–Crippen LogP) is 3.63. The number of nitrogens with one attached hydrogen (secondary N) is 1. The zero-order valence-electron chi connectivity index (χ0n) is 12.7. The zero-order valence-corrected chi connectivity index (χ0v) is 14.3. The van der Waals surface area contributed by atoms with Gasteiger partial charge in [0, 0.05) is 18.5 Å². The van der Waals surface area contributed by atoms with E-state index in [0.717, 1.165) is 40.8 Å². The highest BCUT2D eigenvalue weighted by Gasteiger charge is 2.15. The molecule has 0 radical (unpaired) electrons. The third-order valence-corrected chi connectivity index (χ3v) is 4.56. The first kappa shape index (κ1) is 16.2. The van der Waals surface area contributed by atoms with Crippen LogP contribution < -0.4 is 11.1 Å². The SMILES string of the molecule is Cc1nc(-c2c(N)nsc2NCCOCCC(C)C)cs1. The molecule has 0 bridgehead atoms. The average molecular weight is 326 g/mol. The third kappa shape index (κ3) is 4.66. The van der Waals surface area contributed by atoms with E-state index in [2.05, 4.69) is 28.5 Å². The van der Waals surface area contributed by atoms with Crippen LogP contribution in [0.25, 0.3) is 11.3 Å². The summed E-state index contributed by atoms with van der Waals surface area (Å²) >= 11 is 2.99. The van der Waals surface area contributed by atoms with Crippen LogP contribution in [0.1, 0.15) is 25.3 Å². The van der Waals surface area contributed by atoms with Crippen LogP contribution in [0.5, 0.6) is 0 Å². The summed E-state index contributed by atoms with van der Waals surface area (Å²) in [4.78, 5) is 4.49. The molecule has 0 unspecified atom stereocenters. The van der Waals surface area contributed by atoms with Crippen LogP contribution in [0.2, 0.25) is 0 Å². The summed E-state index contributed by atoms with van der Waals surface area (Å²) < 4.78 is 9.82. The summed E-state index contributed by atoms with van der Waals surface area (Å²) in [6.45, 7) is 8.62. The molecule has 5 nitrogen and oxygen atoms in total. The molecule has 0 aromatic carbocycles. The van der Waals surface area contributed by atoms with E-state index in [1.807, 2.05) is 12.3 Å². The van der Waals surface area contributed by atoms with Gasteiger partial charge in [0.05, 0.1) is 22.9 Å². The van der Waals surface area contributed by atoms with Crippen LogP contribution in [-0.4, -0.2) is 29.1 Å². The van der Waals surface area contributed by atoms with Crippen LogP contribution in [0.4, 0.5) is 10.8 Å². The predicted molar refractivity (Wildman–Crippen MR) is 91.1 cm³/mol. The van der Waals surface area contributed by atoms with Gasteiger partial charge >= 0.3 is 0 Å². The maximum atomic E-state index is 5.96. The van der Waals surface area contributed by atoms with Gasteiger partial charge in [0.25, 0.3) is 0 Å². The second-order valence-corrected chi connectivity index (χ2v) is 7.08. The number of nitrogens with two attached hydrogens (primary N) is 1. The number of hydrogen-bond donors (Lipinski definition) is 2. The Morgan fingerprint density at radius 1 is 1.38 bits per heavy atom. The number of hydrogen-bond acceptors (Lipinski definition) is 7. The summed E-state index contributed by atoms with van der Waals surface area (Å²) in [6.07, 6.45) is 1.09. The van der Waals surface area contributed by atoms with Crippen molar-refractivity contribution in [2.45, 2.75) is 27.2 Å². The topological polar surface area (TPSA) is 73.1 Å². The normalized spacial score (nSPS) is 11.2. The Morgan fingerprint density at radius 3 is 2.86 bits per heavy atom. The highest BCUT2D eigenvalue weighted by atomic mass is 32.1. The quantitative estimate of drug-likeness (QED) is 0.725. The Morgan fingerprint density at radius 2 is 2.19 bits per heavy atom. The summed E-state index contributed by atoms with van der Waals surface area (Å²) in [6, 6.07) is 0. The van der Waals surface area contributed by atoms with Crippen LogP contribution >= 0.6 is 22.9 Å². The number of aryl methyl sites for hydroxylation is 1. The molecule has 0 amide bonds. The van der Waals surface area contributed by atoms with E-state index in [9.17, 15) is 0 Å². The Hall–Kier alpha value is -1.18. The number of nitrogen functional groups attached to an aromatic ring is 1. The van der Waals surface area contributed by atoms with E-state index in [1.165, 1.54) is 11.5 Å². The van der Waals surface area contributed by atoms with Crippen molar-refractivity contribution in [2.75, 3.05) is 30.8 Å². The first-order chi connectivity index (χ1) is 10.1. The number of thiazole rings is 1. The summed E-state index contributed by atoms with van der Waals surface area (Å²) in [7, 11) is 0.